The van der Waals surface area contributed by atoms with Crippen LogP contribution in [0.3, 0.4) is 0 Å². The molecule has 0 saturated carbocycles. The summed E-state index contributed by atoms with van der Waals surface area (Å²) in [5, 5.41) is 7.37. The lowest BCUT2D eigenvalue weighted by molar-refractivity contribution is 0.795. The third kappa shape index (κ3) is 3.97. The van der Waals surface area contributed by atoms with Crippen LogP contribution in [0.25, 0.3) is 21.3 Å². The second-order valence-corrected chi connectivity index (χ2v) is 7.78. The number of hydrogen-bond acceptors (Lipinski definition) is 4. The highest BCUT2D eigenvalue weighted by Gasteiger charge is 2.13. The minimum absolute atomic E-state index is 0.732. The van der Waals surface area contributed by atoms with Gasteiger partial charge in [0.05, 0.1) is 5.39 Å². The molecule has 4 aromatic rings. The molecule has 0 aliphatic rings. The summed E-state index contributed by atoms with van der Waals surface area (Å²) >= 11 is 7.67. The zero-order valence-corrected chi connectivity index (χ0v) is 16.6. The number of anilines is 2. The number of nitrogens with zero attached hydrogens (tertiary/aromatic N) is 2. The molecule has 2 heterocycles. The van der Waals surface area contributed by atoms with E-state index in [1.54, 1.807) is 17.7 Å². The van der Waals surface area contributed by atoms with Crippen molar-refractivity contribution in [3.63, 3.8) is 0 Å². The van der Waals surface area contributed by atoms with Gasteiger partial charge in [0.1, 0.15) is 17.0 Å². The van der Waals surface area contributed by atoms with Crippen molar-refractivity contribution >= 4 is 44.7 Å². The van der Waals surface area contributed by atoms with Crippen LogP contribution in [0.1, 0.15) is 25.3 Å². The van der Waals surface area contributed by atoms with E-state index >= 15 is 0 Å². The fourth-order valence-corrected chi connectivity index (χ4v) is 4.13. The number of halogens is 1. The van der Waals surface area contributed by atoms with E-state index in [0.717, 1.165) is 44.3 Å². The van der Waals surface area contributed by atoms with Gasteiger partial charge < -0.3 is 5.32 Å². The molecule has 0 spiro atoms. The van der Waals surface area contributed by atoms with Crippen LogP contribution < -0.4 is 5.32 Å². The largest absolute Gasteiger partial charge is 0.340 e. The fraction of sp³-hybridized carbons (Fsp3) is 0.182. The van der Waals surface area contributed by atoms with Crippen molar-refractivity contribution < 1.29 is 0 Å². The second-order valence-electron chi connectivity index (χ2n) is 6.48. The summed E-state index contributed by atoms with van der Waals surface area (Å²) in [7, 11) is 0. The Morgan fingerprint density at radius 2 is 1.78 bits per heavy atom. The van der Waals surface area contributed by atoms with Crippen LogP contribution in [0, 0.1) is 0 Å². The number of hydrogen-bond donors (Lipinski definition) is 1. The van der Waals surface area contributed by atoms with Gasteiger partial charge in [0, 0.05) is 21.7 Å². The maximum absolute atomic E-state index is 6.04. The molecule has 0 fully saturated rings. The molecule has 136 valence electrons. The average Bonchev–Trinajstić information content (AvgIpc) is 3.13. The third-order valence-electron chi connectivity index (χ3n) is 4.56. The lowest BCUT2D eigenvalue weighted by atomic mass is 10.1. The Kier molecular flexibility index (Phi) is 5.37. The second kappa shape index (κ2) is 8.07. The van der Waals surface area contributed by atoms with Gasteiger partial charge in [-0.05, 0) is 48.2 Å². The first-order chi connectivity index (χ1) is 13.2. The van der Waals surface area contributed by atoms with Crippen LogP contribution in [-0.4, -0.2) is 9.97 Å². The lowest BCUT2D eigenvalue weighted by Gasteiger charge is -2.09. The number of aromatic nitrogens is 2. The Labute approximate surface area is 168 Å². The molecule has 0 bridgehead atoms. The van der Waals surface area contributed by atoms with E-state index in [0.29, 0.717) is 0 Å². The van der Waals surface area contributed by atoms with Crippen molar-refractivity contribution in [2.24, 2.45) is 0 Å². The molecule has 0 saturated heterocycles. The van der Waals surface area contributed by atoms with Crippen LogP contribution in [0.2, 0.25) is 5.02 Å². The third-order valence-corrected chi connectivity index (χ3v) is 5.70. The van der Waals surface area contributed by atoms with Crippen molar-refractivity contribution in [2.45, 2.75) is 26.2 Å². The quantitative estimate of drug-likeness (QED) is 0.379. The summed E-state index contributed by atoms with van der Waals surface area (Å²) < 4.78 is 0. The van der Waals surface area contributed by atoms with E-state index in [1.807, 2.05) is 24.3 Å². The Balaban J connectivity index is 1.67. The van der Waals surface area contributed by atoms with E-state index in [1.165, 1.54) is 18.4 Å². The first-order valence-electron chi connectivity index (χ1n) is 9.08. The maximum Gasteiger partial charge on any atom is 0.143 e. The molecule has 0 atom stereocenters. The van der Waals surface area contributed by atoms with Gasteiger partial charge in [0.25, 0.3) is 0 Å². The maximum atomic E-state index is 6.04. The van der Waals surface area contributed by atoms with Crippen LogP contribution >= 0.6 is 22.9 Å². The number of unbranched alkanes of at least 4 members (excludes halogenated alkanes) is 1. The molecule has 3 nitrogen and oxygen atoms in total. The summed E-state index contributed by atoms with van der Waals surface area (Å²) in [5.41, 5.74) is 4.63. The van der Waals surface area contributed by atoms with Crippen LogP contribution in [0.15, 0.2) is 60.2 Å². The van der Waals surface area contributed by atoms with Gasteiger partial charge in [-0.15, -0.1) is 11.3 Å². The Morgan fingerprint density at radius 1 is 1.00 bits per heavy atom. The molecule has 4 rings (SSSR count). The Bertz CT molecular complexity index is 1040. The molecule has 1 N–H and O–H groups in total. The van der Waals surface area contributed by atoms with Gasteiger partial charge in [-0.25, -0.2) is 9.97 Å². The Morgan fingerprint density at radius 3 is 2.52 bits per heavy atom. The van der Waals surface area contributed by atoms with E-state index in [9.17, 15) is 0 Å². The number of rotatable bonds is 6. The standard InChI is InChI=1S/C22H20ClN3S/c1-2-3-4-15-5-11-18(12-6-15)26-21-20-19(13-27-22(20)25-14-24-21)16-7-9-17(23)10-8-16/h5-14H,2-4H2,1H3,(H,24,25,26). The zero-order chi connectivity index (χ0) is 18.6. The van der Waals surface area contributed by atoms with E-state index in [4.69, 9.17) is 11.6 Å². The van der Waals surface area contributed by atoms with Crippen LogP contribution in [0.4, 0.5) is 11.5 Å². The summed E-state index contributed by atoms with van der Waals surface area (Å²) in [6, 6.07) is 16.5. The number of aryl methyl sites for hydroxylation is 1. The fourth-order valence-electron chi connectivity index (χ4n) is 3.08. The topological polar surface area (TPSA) is 37.8 Å². The zero-order valence-electron chi connectivity index (χ0n) is 15.1. The Hall–Kier alpha value is -2.43. The molecular weight excluding hydrogens is 374 g/mol. The van der Waals surface area contributed by atoms with E-state index < -0.39 is 0 Å². The number of thiophene rings is 1. The summed E-state index contributed by atoms with van der Waals surface area (Å²) in [4.78, 5) is 9.91. The first-order valence-corrected chi connectivity index (χ1v) is 10.3. The van der Waals surface area contributed by atoms with Gasteiger partial charge in [0.15, 0.2) is 0 Å². The van der Waals surface area contributed by atoms with Crippen molar-refractivity contribution in [1.82, 2.24) is 9.97 Å². The molecule has 2 aromatic carbocycles. The monoisotopic (exact) mass is 393 g/mol. The molecule has 0 unspecified atom stereocenters. The number of benzene rings is 2. The molecular formula is C22H20ClN3S. The van der Waals surface area contributed by atoms with Crippen molar-refractivity contribution in [2.75, 3.05) is 5.32 Å². The molecule has 27 heavy (non-hydrogen) atoms. The first kappa shape index (κ1) is 18.0. The minimum atomic E-state index is 0.732. The summed E-state index contributed by atoms with van der Waals surface area (Å²) in [6.07, 6.45) is 5.17. The average molecular weight is 394 g/mol. The molecule has 0 amide bonds. The lowest BCUT2D eigenvalue weighted by Crippen LogP contribution is -1.96. The molecule has 2 aromatic heterocycles. The predicted molar refractivity (Wildman–Crippen MR) is 116 cm³/mol. The summed E-state index contributed by atoms with van der Waals surface area (Å²) in [5.74, 6) is 0.826. The van der Waals surface area contributed by atoms with Gasteiger partial charge in [-0.1, -0.05) is 49.2 Å². The smallest absolute Gasteiger partial charge is 0.143 e. The van der Waals surface area contributed by atoms with Crippen molar-refractivity contribution in [3.05, 3.63) is 70.8 Å². The van der Waals surface area contributed by atoms with Crippen LogP contribution in [0.5, 0.6) is 0 Å². The van der Waals surface area contributed by atoms with E-state index in [2.05, 4.69) is 51.9 Å². The van der Waals surface area contributed by atoms with Crippen molar-refractivity contribution in [3.8, 4) is 11.1 Å². The molecule has 5 heteroatoms. The molecule has 0 radical (unpaired) electrons. The highest BCUT2D eigenvalue weighted by atomic mass is 35.5. The van der Waals surface area contributed by atoms with Gasteiger partial charge in [-0.2, -0.15) is 0 Å². The SMILES string of the molecule is CCCCc1ccc(Nc2ncnc3scc(-c4ccc(Cl)cc4)c23)cc1. The summed E-state index contributed by atoms with van der Waals surface area (Å²) in [6.45, 7) is 2.22. The van der Waals surface area contributed by atoms with Gasteiger partial charge in [0.2, 0.25) is 0 Å². The number of fused-ring (bicyclic) bond motifs is 1. The highest BCUT2D eigenvalue weighted by molar-refractivity contribution is 7.17. The van der Waals surface area contributed by atoms with Gasteiger partial charge in [-0.3, -0.25) is 0 Å². The van der Waals surface area contributed by atoms with Crippen LogP contribution in [-0.2, 0) is 6.42 Å². The minimum Gasteiger partial charge on any atom is -0.340 e. The van der Waals surface area contributed by atoms with Gasteiger partial charge >= 0.3 is 0 Å². The molecule has 0 aliphatic heterocycles. The van der Waals surface area contributed by atoms with E-state index in [-0.39, 0.29) is 0 Å². The number of nitrogens with one attached hydrogen (secondary N) is 1. The molecule has 0 aliphatic carbocycles. The predicted octanol–water partition coefficient (Wildman–Crippen LogP) is 7.10. The normalized spacial score (nSPS) is 11.0. The highest BCUT2D eigenvalue weighted by Crippen LogP contribution is 2.37. The van der Waals surface area contributed by atoms with Crippen molar-refractivity contribution in [1.29, 1.82) is 0 Å².